The van der Waals surface area contributed by atoms with Crippen LogP contribution in [-0.2, 0) is 0 Å². The fourth-order valence-electron chi connectivity index (χ4n) is 3.62. The fraction of sp³-hybridized carbons (Fsp3) is 0.240. The molecule has 1 saturated carbocycles. The van der Waals surface area contributed by atoms with Crippen molar-refractivity contribution in [2.45, 2.75) is 25.3 Å². The van der Waals surface area contributed by atoms with Crippen LogP contribution in [0.3, 0.4) is 0 Å². The van der Waals surface area contributed by atoms with E-state index in [1.807, 2.05) is 65.2 Å². The summed E-state index contributed by atoms with van der Waals surface area (Å²) in [6.45, 7) is 0.844. The van der Waals surface area contributed by atoms with E-state index in [-0.39, 0.29) is 5.91 Å². The second-order valence-electron chi connectivity index (χ2n) is 7.78. The molecule has 1 aliphatic carbocycles. The standard InChI is InChI=1S/C25H24N4O3/c30-25(28-19-4-3-5-19)18-7-12-23-22(16-18)27-17-29(23)20-8-10-21(11-9-20)31-14-15-32-24-6-1-2-13-26-24/h1-2,6-13,16-17,19H,3-5,14-15H2,(H,28,30). The minimum Gasteiger partial charge on any atom is -0.490 e. The number of fused-ring (bicyclic) bond motifs is 1. The van der Waals surface area contributed by atoms with Crippen molar-refractivity contribution in [2.75, 3.05) is 13.2 Å². The first-order valence-corrected chi connectivity index (χ1v) is 10.8. The number of carbonyl (C=O) groups is 1. The summed E-state index contributed by atoms with van der Waals surface area (Å²) in [7, 11) is 0. The van der Waals surface area contributed by atoms with E-state index in [2.05, 4.69) is 15.3 Å². The number of hydrogen-bond acceptors (Lipinski definition) is 5. The van der Waals surface area contributed by atoms with Crippen LogP contribution in [0.4, 0.5) is 0 Å². The van der Waals surface area contributed by atoms with Crippen molar-refractivity contribution in [3.63, 3.8) is 0 Å². The van der Waals surface area contributed by atoms with E-state index in [4.69, 9.17) is 9.47 Å². The Morgan fingerprint density at radius 2 is 1.84 bits per heavy atom. The van der Waals surface area contributed by atoms with Gasteiger partial charge in [-0.15, -0.1) is 0 Å². The smallest absolute Gasteiger partial charge is 0.251 e. The third-order valence-electron chi connectivity index (χ3n) is 5.60. The monoisotopic (exact) mass is 428 g/mol. The second kappa shape index (κ2) is 9.09. The van der Waals surface area contributed by atoms with Crippen LogP contribution in [0.25, 0.3) is 16.7 Å². The summed E-state index contributed by atoms with van der Waals surface area (Å²) >= 11 is 0. The van der Waals surface area contributed by atoms with Crippen LogP contribution in [0.2, 0.25) is 0 Å². The number of amides is 1. The van der Waals surface area contributed by atoms with Crippen molar-refractivity contribution in [1.29, 1.82) is 0 Å². The summed E-state index contributed by atoms with van der Waals surface area (Å²) < 4.78 is 13.3. The third kappa shape index (κ3) is 4.42. The minimum absolute atomic E-state index is 0.0281. The van der Waals surface area contributed by atoms with Gasteiger partial charge < -0.3 is 14.8 Å². The van der Waals surface area contributed by atoms with Crippen molar-refractivity contribution >= 4 is 16.9 Å². The molecule has 1 fully saturated rings. The maximum atomic E-state index is 12.4. The maximum absolute atomic E-state index is 12.4. The van der Waals surface area contributed by atoms with Crippen LogP contribution in [0.15, 0.2) is 73.2 Å². The minimum atomic E-state index is -0.0281. The lowest BCUT2D eigenvalue weighted by atomic mass is 9.93. The molecule has 1 amide bonds. The van der Waals surface area contributed by atoms with Crippen LogP contribution in [0.5, 0.6) is 11.6 Å². The zero-order valence-corrected chi connectivity index (χ0v) is 17.6. The van der Waals surface area contributed by atoms with E-state index in [0.29, 0.717) is 30.7 Å². The summed E-state index contributed by atoms with van der Waals surface area (Å²) in [4.78, 5) is 21.0. The molecule has 0 saturated heterocycles. The van der Waals surface area contributed by atoms with Crippen LogP contribution in [0, 0.1) is 0 Å². The molecule has 5 rings (SSSR count). The SMILES string of the molecule is O=C(NC1CCC1)c1ccc2c(c1)ncn2-c1ccc(OCCOc2ccccn2)cc1. The maximum Gasteiger partial charge on any atom is 0.251 e. The van der Waals surface area contributed by atoms with Gasteiger partial charge in [-0.2, -0.15) is 0 Å². The van der Waals surface area contributed by atoms with Gasteiger partial charge in [0.2, 0.25) is 5.88 Å². The Morgan fingerprint density at radius 1 is 1.00 bits per heavy atom. The Labute approximate surface area is 186 Å². The first-order valence-electron chi connectivity index (χ1n) is 10.8. The molecular weight excluding hydrogens is 404 g/mol. The molecule has 32 heavy (non-hydrogen) atoms. The lowest BCUT2D eigenvalue weighted by Crippen LogP contribution is -2.39. The summed E-state index contributed by atoms with van der Waals surface area (Å²) in [5.74, 6) is 1.32. The number of nitrogens with one attached hydrogen (secondary N) is 1. The normalized spacial score (nSPS) is 13.5. The van der Waals surface area contributed by atoms with Crippen LogP contribution < -0.4 is 14.8 Å². The van der Waals surface area contributed by atoms with E-state index in [9.17, 15) is 4.79 Å². The highest BCUT2D eigenvalue weighted by Gasteiger charge is 2.20. The topological polar surface area (TPSA) is 78.3 Å². The van der Waals surface area contributed by atoms with Gasteiger partial charge >= 0.3 is 0 Å². The number of benzene rings is 2. The lowest BCUT2D eigenvalue weighted by molar-refractivity contribution is 0.0917. The summed E-state index contributed by atoms with van der Waals surface area (Å²) in [5.41, 5.74) is 3.35. The predicted octanol–water partition coefficient (Wildman–Crippen LogP) is 4.16. The second-order valence-corrected chi connectivity index (χ2v) is 7.78. The Bertz CT molecular complexity index is 1200. The zero-order valence-electron chi connectivity index (χ0n) is 17.6. The number of nitrogens with zero attached hydrogens (tertiary/aromatic N) is 3. The van der Waals surface area contributed by atoms with Gasteiger partial charge in [0.25, 0.3) is 5.91 Å². The average Bonchev–Trinajstić information content (AvgIpc) is 3.23. The van der Waals surface area contributed by atoms with Crippen molar-refractivity contribution in [3.05, 3.63) is 78.8 Å². The van der Waals surface area contributed by atoms with Gasteiger partial charge in [0.1, 0.15) is 25.3 Å². The molecule has 1 N–H and O–H groups in total. The number of ether oxygens (including phenoxy) is 2. The van der Waals surface area contributed by atoms with E-state index in [1.54, 1.807) is 12.5 Å². The Kier molecular flexibility index (Phi) is 5.70. The molecule has 0 atom stereocenters. The molecular formula is C25H24N4O3. The molecule has 7 heteroatoms. The van der Waals surface area contributed by atoms with E-state index >= 15 is 0 Å². The number of hydrogen-bond donors (Lipinski definition) is 1. The molecule has 1 aliphatic rings. The van der Waals surface area contributed by atoms with Gasteiger partial charge in [0.15, 0.2) is 0 Å². The summed E-state index contributed by atoms with van der Waals surface area (Å²) in [6.07, 6.45) is 6.80. The average molecular weight is 428 g/mol. The quantitative estimate of drug-likeness (QED) is 0.427. The molecule has 0 spiro atoms. The summed E-state index contributed by atoms with van der Waals surface area (Å²) in [6, 6.07) is 19.3. The van der Waals surface area contributed by atoms with Crippen LogP contribution in [-0.4, -0.2) is 39.7 Å². The Hall–Kier alpha value is -3.87. The molecule has 162 valence electrons. The van der Waals surface area contributed by atoms with Crippen molar-refractivity contribution in [1.82, 2.24) is 19.9 Å². The largest absolute Gasteiger partial charge is 0.490 e. The van der Waals surface area contributed by atoms with Gasteiger partial charge in [-0.1, -0.05) is 6.07 Å². The molecule has 2 aromatic carbocycles. The molecule has 0 radical (unpaired) electrons. The molecule has 0 bridgehead atoms. The van der Waals surface area contributed by atoms with E-state index in [0.717, 1.165) is 35.3 Å². The molecule has 0 unspecified atom stereocenters. The lowest BCUT2D eigenvalue weighted by Gasteiger charge is -2.26. The number of carbonyl (C=O) groups excluding carboxylic acids is 1. The van der Waals surface area contributed by atoms with Crippen LogP contribution in [0.1, 0.15) is 29.6 Å². The fourth-order valence-corrected chi connectivity index (χ4v) is 3.62. The molecule has 2 heterocycles. The number of imidazole rings is 1. The Balaban J connectivity index is 1.21. The van der Waals surface area contributed by atoms with Crippen LogP contribution >= 0.6 is 0 Å². The van der Waals surface area contributed by atoms with Gasteiger partial charge in [-0.3, -0.25) is 9.36 Å². The van der Waals surface area contributed by atoms with Crippen molar-refractivity contribution in [2.24, 2.45) is 0 Å². The number of rotatable bonds is 8. The van der Waals surface area contributed by atoms with Crippen molar-refractivity contribution < 1.29 is 14.3 Å². The highest BCUT2D eigenvalue weighted by atomic mass is 16.5. The van der Waals surface area contributed by atoms with Crippen molar-refractivity contribution in [3.8, 4) is 17.3 Å². The molecule has 2 aromatic heterocycles. The third-order valence-corrected chi connectivity index (χ3v) is 5.60. The number of aromatic nitrogens is 3. The van der Waals surface area contributed by atoms with E-state index < -0.39 is 0 Å². The first kappa shape index (κ1) is 20.1. The highest BCUT2D eigenvalue weighted by Crippen LogP contribution is 2.23. The van der Waals surface area contributed by atoms with E-state index in [1.165, 1.54) is 6.42 Å². The molecule has 4 aromatic rings. The molecule has 0 aliphatic heterocycles. The van der Waals surface area contributed by atoms with Gasteiger partial charge in [0.05, 0.1) is 11.0 Å². The molecule has 7 nitrogen and oxygen atoms in total. The number of pyridine rings is 1. The summed E-state index contributed by atoms with van der Waals surface area (Å²) in [5, 5.41) is 3.07. The first-order chi connectivity index (χ1) is 15.8. The van der Waals surface area contributed by atoms with Gasteiger partial charge in [-0.25, -0.2) is 9.97 Å². The highest BCUT2D eigenvalue weighted by molar-refractivity contribution is 5.97. The van der Waals surface area contributed by atoms with Gasteiger partial charge in [0, 0.05) is 29.6 Å². The Morgan fingerprint density at radius 3 is 2.59 bits per heavy atom. The van der Waals surface area contributed by atoms with Gasteiger partial charge in [-0.05, 0) is 67.8 Å². The zero-order chi connectivity index (χ0) is 21.8. The predicted molar refractivity (Wildman–Crippen MR) is 121 cm³/mol.